The van der Waals surface area contributed by atoms with E-state index in [1.807, 2.05) is 0 Å². The third kappa shape index (κ3) is 4.09. The first-order valence-corrected chi connectivity index (χ1v) is 17.8. The number of nitrogens with zero attached hydrogens (tertiary/aromatic N) is 2. The van der Waals surface area contributed by atoms with Crippen LogP contribution in [0.2, 0.25) is 0 Å². The van der Waals surface area contributed by atoms with Crippen LogP contribution in [0.15, 0.2) is 167 Å². The lowest BCUT2D eigenvalue weighted by Crippen LogP contribution is -1.93. The van der Waals surface area contributed by atoms with Crippen molar-refractivity contribution in [3.05, 3.63) is 169 Å². The van der Waals surface area contributed by atoms with Crippen molar-refractivity contribution in [1.29, 1.82) is 0 Å². The van der Waals surface area contributed by atoms with Crippen LogP contribution < -0.4 is 0 Å². The molecule has 7 aromatic carbocycles. The van der Waals surface area contributed by atoms with Gasteiger partial charge in [-0.25, -0.2) is 0 Å². The predicted octanol–water partition coefficient (Wildman–Crippen LogP) is 13.3. The smallest absolute Gasteiger partial charge is 0.138 e. The van der Waals surface area contributed by atoms with E-state index in [2.05, 4.69) is 181 Å². The fourth-order valence-corrected chi connectivity index (χ4v) is 8.51. The van der Waals surface area contributed by atoms with Crippen LogP contribution in [0.25, 0.3) is 99.4 Å². The topological polar surface area (TPSA) is 36.1 Å². The van der Waals surface area contributed by atoms with E-state index in [0.29, 0.717) is 0 Å². The maximum Gasteiger partial charge on any atom is 0.138 e. The molecule has 0 amide bonds. The number of hydrogen-bond donors (Lipinski definition) is 0. The van der Waals surface area contributed by atoms with Crippen molar-refractivity contribution in [2.24, 2.45) is 0 Å². The van der Waals surface area contributed by atoms with Crippen LogP contribution in [0, 0.1) is 13.8 Å². The molecule has 4 heteroatoms. The Hall–Kier alpha value is -6.78. The van der Waals surface area contributed by atoms with Crippen molar-refractivity contribution in [3.63, 3.8) is 0 Å². The lowest BCUT2D eigenvalue weighted by atomic mass is 10.0. The van der Waals surface area contributed by atoms with Crippen LogP contribution in [-0.2, 0) is 0 Å². The van der Waals surface area contributed by atoms with Crippen LogP contribution >= 0.6 is 0 Å². The Morgan fingerprint density at radius 1 is 0.385 bits per heavy atom. The summed E-state index contributed by atoms with van der Waals surface area (Å²) in [6.07, 6.45) is 0. The van der Waals surface area contributed by atoms with E-state index >= 15 is 0 Å². The predicted molar refractivity (Wildman–Crippen MR) is 215 cm³/mol. The monoisotopic (exact) mass is 668 g/mol. The fourth-order valence-electron chi connectivity index (χ4n) is 8.51. The number of hydrogen-bond acceptors (Lipinski definition) is 2. The zero-order chi connectivity index (χ0) is 34.5. The fraction of sp³-hybridized carbons (Fsp3) is 0.0417. The summed E-state index contributed by atoms with van der Waals surface area (Å²) in [7, 11) is 0. The second-order valence-corrected chi connectivity index (χ2v) is 13.8. The summed E-state index contributed by atoms with van der Waals surface area (Å²) in [5.41, 5.74) is 13.1. The number of para-hydroxylation sites is 4. The molecule has 4 nitrogen and oxygen atoms in total. The lowest BCUT2D eigenvalue weighted by Gasteiger charge is -2.09. The van der Waals surface area contributed by atoms with E-state index in [-0.39, 0.29) is 0 Å². The summed E-state index contributed by atoms with van der Waals surface area (Å²) >= 11 is 0. The molecule has 0 unspecified atom stereocenters. The minimum atomic E-state index is 0.857. The van der Waals surface area contributed by atoms with Gasteiger partial charge in [0.25, 0.3) is 0 Å². The molecule has 0 aliphatic heterocycles. The highest BCUT2D eigenvalue weighted by Gasteiger charge is 2.20. The number of benzene rings is 7. The third-order valence-electron chi connectivity index (χ3n) is 10.9. The Morgan fingerprint density at radius 3 is 1.27 bits per heavy atom. The zero-order valence-corrected chi connectivity index (χ0v) is 28.7. The van der Waals surface area contributed by atoms with Crippen LogP contribution in [0.1, 0.15) is 11.3 Å². The lowest BCUT2D eigenvalue weighted by molar-refractivity contribution is 0.580. The minimum absolute atomic E-state index is 0.857. The van der Waals surface area contributed by atoms with E-state index in [0.717, 1.165) is 67.1 Å². The van der Waals surface area contributed by atoms with Gasteiger partial charge in [-0.2, -0.15) is 0 Å². The number of fused-ring (bicyclic) bond motifs is 8. The molecule has 4 heterocycles. The molecule has 4 aromatic heterocycles. The van der Waals surface area contributed by atoms with Crippen molar-refractivity contribution in [2.75, 3.05) is 0 Å². The number of aromatic nitrogens is 2. The Kier molecular flexibility index (Phi) is 6.06. The summed E-state index contributed by atoms with van der Waals surface area (Å²) in [6.45, 7) is 4.19. The largest absolute Gasteiger partial charge is 0.461 e. The normalized spacial score (nSPS) is 12.0. The quantitative estimate of drug-likeness (QED) is 0.187. The van der Waals surface area contributed by atoms with Gasteiger partial charge >= 0.3 is 0 Å². The standard InChI is InChI=1S/C48H32N2O2/c1-29-39-27-46-40(47(30(2)51-46)31-19-23-33(24-20-31)49-41-15-7-3-11-35(41)36-12-4-8-16-42(36)49)28-45(39)52-48(29)32-21-25-34(26-22-32)50-43-17-9-5-13-37(43)38-14-6-10-18-44(38)50/h3-28H,1-2H3. The van der Waals surface area contributed by atoms with Crippen LogP contribution in [-0.4, -0.2) is 9.13 Å². The molecule has 0 radical (unpaired) electrons. The summed E-state index contributed by atoms with van der Waals surface area (Å²) in [5.74, 6) is 1.77. The number of furan rings is 2. The molecule has 52 heavy (non-hydrogen) atoms. The molecule has 246 valence electrons. The number of rotatable bonds is 4. The van der Waals surface area contributed by atoms with Gasteiger partial charge < -0.3 is 18.0 Å². The summed E-state index contributed by atoms with van der Waals surface area (Å²) in [6, 6.07) is 56.3. The van der Waals surface area contributed by atoms with Crippen LogP contribution in [0.4, 0.5) is 0 Å². The van der Waals surface area contributed by atoms with Crippen molar-refractivity contribution in [3.8, 4) is 33.8 Å². The molecular formula is C48H32N2O2. The molecule has 0 saturated heterocycles. The molecule has 11 rings (SSSR count). The maximum absolute atomic E-state index is 6.66. The van der Waals surface area contributed by atoms with Crippen LogP contribution in [0.3, 0.4) is 0 Å². The molecule has 0 atom stereocenters. The van der Waals surface area contributed by atoms with Gasteiger partial charge in [-0.05, 0) is 92.2 Å². The van der Waals surface area contributed by atoms with Gasteiger partial charge in [0, 0.05) is 60.4 Å². The first-order chi connectivity index (χ1) is 25.6. The molecular weight excluding hydrogens is 637 g/mol. The summed E-state index contributed by atoms with van der Waals surface area (Å²) < 4.78 is 17.8. The first-order valence-electron chi connectivity index (χ1n) is 17.8. The van der Waals surface area contributed by atoms with Gasteiger partial charge in [0.05, 0.1) is 22.1 Å². The van der Waals surface area contributed by atoms with Crippen molar-refractivity contribution >= 4 is 65.6 Å². The Morgan fingerprint density at radius 2 is 0.788 bits per heavy atom. The van der Waals surface area contributed by atoms with E-state index in [4.69, 9.17) is 8.83 Å². The van der Waals surface area contributed by atoms with Gasteiger partial charge in [-0.3, -0.25) is 0 Å². The van der Waals surface area contributed by atoms with E-state index in [1.165, 1.54) is 43.6 Å². The molecule has 0 N–H and O–H groups in total. The van der Waals surface area contributed by atoms with Crippen molar-refractivity contribution in [2.45, 2.75) is 13.8 Å². The second-order valence-electron chi connectivity index (χ2n) is 13.8. The molecule has 0 bridgehead atoms. The van der Waals surface area contributed by atoms with Gasteiger partial charge in [-0.15, -0.1) is 0 Å². The van der Waals surface area contributed by atoms with E-state index < -0.39 is 0 Å². The Balaban J connectivity index is 0.980. The minimum Gasteiger partial charge on any atom is -0.461 e. The SMILES string of the molecule is Cc1oc2cc3c(C)c(-c4ccc(-n5c6ccccc6c6ccccc65)cc4)oc3cc2c1-c1ccc(-n2c3ccccc3c3ccccc32)cc1. The molecule has 0 saturated carbocycles. The highest BCUT2D eigenvalue weighted by molar-refractivity contribution is 6.10. The molecule has 0 spiro atoms. The molecule has 0 fully saturated rings. The van der Waals surface area contributed by atoms with Crippen LogP contribution in [0.5, 0.6) is 0 Å². The van der Waals surface area contributed by atoms with E-state index in [9.17, 15) is 0 Å². The third-order valence-corrected chi connectivity index (χ3v) is 10.9. The van der Waals surface area contributed by atoms with Gasteiger partial charge in [0.1, 0.15) is 22.7 Å². The zero-order valence-electron chi connectivity index (χ0n) is 28.7. The second kappa shape index (κ2) is 10.9. The average Bonchev–Trinajstić information content (AvgIpc) is 3.91. The first kappa shape index (κ1) is 29.0. The Labute approximate surface area is 299 Å². The Bertz CT molecular complexity index is 3080. The van der Waals surface area contributed by atoms with Gasteiger partial charge in [0.15, 0.2) is 0 Å². The highest BCUT2D eigenvalue weighted by Crippen LogP contribution is 2.42. The van der Waals surface area contributed by atoms with E-state index in [1.54, 1.807) is 0 Å². The molecule has 0 aliphatic carbocycles. The highest BCUT2D eigenvalue weighted by atomic mass is 16.3. The maximum atomic E-state index is 6.66. The summed E-state index contributed by atoms with van der Waals surface area (Å²) in [5, 5.41) is 7.15. The average molecular weight is 669 g/mol. The van der Waals surface area contributed by atoms with Gasteiger partial charge in [-0.1, -0.05) is 84.9 Å². The number of aryl methyl sites for hydroxylation is 2. The van der Waals surface area contributed by atoms with Gasteiger partial charge in [0.2, 0.25) is 0 Å². The molecule has 0 aliphatic rings. The summed E-state index contributed by atoms with van der Waals surface area (Å²) in [4.78, 5) is 0. The van der Waals surface area contributed by atoms with Crippen molar-refractivity contribution in [1.82, 2.24) is 9.13 Å². The molecule has 11 aromatic rings. The van der Waals surface area contributed by atoms with Crippen molar-refractivity contribution < 1.29 is 8.83 Å².